The van der Waals surface area contributed by atoms with E-state index in [0.29, 0.717) is 25.8 Å². The molecule has 0 saturated carbocycles. The van der Waals surface area contributed by atoms with E-state index in [1.165, 1.54) is 6.92 Å². The fourth-order valence-electron chi connectivity index (χ4n) is 6.46. The van der Waals surface area contributed by atoms with Crippen LogP contribution in [-0.4, -0.2) is 87.9 Å². The number of likely N-dealkylation sites (tertiary alicyclic amines) is 1. The minimum atomic E-state index is -1.19. The second kappa shape index (κ2) is 15.0. The first-order chi connectivity index (χ1) is 22.9. The first-order valence-corrected chi connectivity index (χ1v) is 16.5. The Balaban J connectivity index is 1.34. The van der Waals surface area contributed by atoms with Crippen LogP contribution in [0.3, 0.4) is 0 Å². The van der Waals surface area contributed by atoms with E-state index in [0.717, 1.165) is 27.7 Å². The van der Waals surface area contributed by atoms with E-state index in [-0.39, 0.29) is 30.7 Å². The molecule has 1 saturated heterocycles. The number of nitrogens with one attached hydrogen (secondary N) is 5. The van der Waals surface area contributed by atoms with Crippen molar-refractivity contribution in [3.8, 4) is 0 Å². The number of carboxylic acid groups (broad SMARTS) is 1. The van der Waals surface area contributed by atoms with E-state index in [9.17, 15) is 29.1 Å². The van der Waals surface area contributed by atoms with Crippen LogP contribution in [0, 0.1) is 5.92 Å². The number of benzene rings is 2. The quantitative estimate of drug-likeness (QED) is 0.150. The highest BCUT2D eigenvalue weighted by Crippen LogP contribution is 2.32. The van der Waals surface area contributed by atoms with Gasteiger partial charge in [0.1, 0.15) is 18.1 Å². The number of carbonyl (C=O) groups is 5. The summed E-state index contributed by atoms with van der Waals surface area (Å²) >= 11 is 0. The van der Waals surface area contributed by atoms with Crippen LogP contribution in [0.4, 0.5) is 0 Å². The van der Waals surface area contributed by atoms with Crippen molar-refractivity contribution >= 4 is 40.5 Å². The lowest BCUT2D eigenvalue weighted by molar-refractivity contribution is -0.141. The summed E-state index contributed by atoms with van der Waals surface area (Å²) in [5.74, 6) is -2.81. The van der Waals surface area contributed by atoms with Crippen LogP contribution in [0.25, 0.3) is 10.9 Å². The fraction of sp³-hybridized carbons (Fsp3) is 0.457. The number of amides is 4. The first-order valence-electron chi connectivity index (χ1n) is 16.5. The maximum absolute atomic E-state index is 13.9. The Bertz CT molecular complexity index is 1660. The number of nitrogens with zero attached hydrogens (tertiary/aromatic N) is 1. The van der Waals surface area contributed by atoms with Crippen LogP contribution in [0.2, 0.25) is 0 Å². The number of hydrogen-bond acceptors (Lipinski definition) is 7. The zero-order valence-electron chi connectivity index (χ0n) is 27.5. The van der Waals surface area contributed by atoms with Crippen molar-refractivity contribution in [2.24, 2.45) is 11.7 Å². The molecule has 3 heterocycles. The first kappa shape index (κ1) is 34.6. The Morgan fingerprint density at radius 2 is 1.69 bits per heavy atom. The molecule has 2 aliphatic rings. The Labute approximate surface area is 279 Å². The third-order valence-corrected chi connectivity index (χ3v) is 9.29. The fourth-order valence-corrected chi connectivity index (χ4v) is 6.46. The number of carboxylic acids is 1. The summed E-state index contributed by atoms with van der Waals surface area (Å²) in [7, 11) is 0. The molecule has 1 fully saturated rings. The van der Waals surface area contributed by atoms with Crippen molar-refractivity contribution in [3.63, 3.8) is 0 Å². The Morgan fingerprint density at radius 3 is 2.40 bits per heavy atom. The molecule has 2 aromatic carbocycles. The number of nitrogens with two attached hydrogens (primary N) is 1. The number of para-hydroxylation sites is 1. The van der Waals surface area contributed by atoms with Gasteiger partial charge in [-0.1, -0.05) is 62.4 Å². The molecule has 13 heteroatoms. The topological polar surface area (TPSA) is 199 Å². The second-order valence-corrected chi connectivity index (χ2v) is 13.1. The number of aromatic nitrogens is 1. The molecule has 256 valence electrons. The second-order valence-electron chi connectivity index (χ2n) is 13.1. The van der Waals surface area contributed by atoms with Crippen LogP contribution in [0.1, 0.15) is 56.5 Å². The molecule has 2 unspecified atom stereocenters. The predicted octanol–water partition coefficient (Wildman–Crippen LogP) is 1.13. The average Bonchev–Trinajstić information content (AvgIpc) is 3.72. The third kappa shape index (κ3) is 7.69. The Kier molecular flexibility index (Phi) is 10.8. The summed E-state index contributed by atoms with van der Waals surface area (Å²) in [5, 5.41) is 22.0. The molecular weight excluding hydrogens is 614 g/mol. The van der Waals surface area contributed by atoms with Crippen molar-refractivity contribution in [1.29, 1.82) is 0 Å². The van der Waals surface area contributed by atoms with E-state index in [2.05, 4.69) is 26.3 Å². The Morgan fingerprint density at radius 1 is 0.979 bits per heavy atom. The number of aromatic amines is 1. The number of carbonyl (C=O) groups excluding carboxylic acids is 4. The van der Waals surface area contributed by atoms with Gasteiger partial charge in [0.15, 0.2) is 0 Å². The molecule has 48 heavy (non-hydrogen) atoms. The van der Waals surface area contributed by atoms with Gasteiger partial charge in [-0.05, 0) is 49.3 Å². The van der Waals surface area contributed by atoms with Crippen LogP contribution >= 0.6 is 0 Å². The minimum Gasteiger partial charge on any atom is -0.480 e. The lowest BCUT2D eigenvalue weighted by atomic mass is 9.93. The number of rotatable bonds is 12. The van der Waals surface area contributed by atoms with Gasteiger partial charge in [0.25, 0.3) is 0 Å². The number of aliphatic carboxylic acids is 1. The lowest BCUT2D eigenvalue weighted by Crippen LogP contribution is -2.58. The molecule has 0 spiro atoms. The van der Waals surface area contributed by atoms with Crippen molar-refractivity contribution in [3.05, 3.63) is 71.4 Å². The van der Waals surface area contributed by atoms with Crippen LogP contribution < -0.4 is 27.0 Å². The number of hydrogen-bond donors (Lipinski definition) is 7. The highest BCUT2D eigenvalue weighted by Gasteiger charge is 2.39. The van der Waals surface area contributed by atoms with Crippen molar-refractivity contribution in [1.82, 2.24) is 31.2 Å². The van der Waals surface area contributed by atoms with Crippen molar-refractivity contribution in [2.45, 2.75) is 82.7 Å². The van der Waals surface area contributed by atoms with Crippen LogP contribution in [-0.2, 0) is 36.8 Å². The van der Waals surface area contributed by atoms with E-state index >= 15 is 0 Å². The molecule has 8 N–H and O–H groups in total. The van der Waals surface area contributed by atoms with Gasteiger partial charge < -0.3 is 36.7 Å². The van der Waals surface area contributed by atoms with Gasteiger partial charge in [0.2, 0.25) is 23.6 Å². The molecule has 0 radical (unpaired) electrons. The zero-order chi connectivity index (χ0) is 34.5. The largest absolute Gasteiger partial charge is 0.480 e. The summed E-state index contributed by atoms with van der Waals surface area (Å²) in [6, 6.07) is 12.2. The van der Waals surface area contributed by atoms with E-state index < -0.39 is 54.0 Å². The SMILES string of the molecule is CC(C)[C@H](N)C(=O)N1CCC[C@H]1C(=O)NCC1NC(C(=O)N[C@@H](Cc2ccccc2)C(=O)N[C@@H](C)C(=O)O)Cc2c1[nH]c1ccccc21. The van der Waals surface area contributed by atoms with E-state index in [1.54, 1.807) is 4.90 Å². The maximum atomic E-state index is 13.9. The Hall–Kier alpha value is -4.75. The third-order valence-electron chi connectivity index (χ3n) is 9.29. The van der Waals surface area contributed by atoms with E-state index in [1.807, 2.05) is 68.4 Å². The molecule has 4 amide bonds. The van der Waals surface area contributed by atoms with Crippen molar-refractivity contribution < 1.29 is 29.1 Å². The summed E-state index contributed by atoms with van der Waals surface area (Å²) < 4.78 is 0. The molecule has 2 aliphatic heterocycles. The summed E-state index contributed by atoms with van der Waals surface area (Å²) in [4.78, 5) is 70.1. The molecule has 13 nitrogen and oxygen atoms in total. The standard InChI is InChI=1S/C35H45N7O6/c1-19(2)29(36)34(46)42-15-9-14-28(42)33(45)37-18-27-30-23(22-12-7-8-13-24(22)40-30)17-26(39-27)32(44)41-25(16-21-10-5-4-6-11-21)31(43)38-20(3)35(47)48/h4-8,10-13,19-20,25-29,39-40H,9,14-18,36H2,1-3H3,(H,37,45)(H,38,43)(H,41,44)(H,47,48)/t20-,25-,26?,27?,28-,29-/m0/s1. The molecule has 5 rings (SSSR count). The van der Waals surface area contributed by atoms with Crippen molar-refractivity contribution in [2.75, 3.05) is 13.1 Å². The lowest BCUT2D eigenvalue weighted by Gasteiger charge is -2.33. The molecular formula is C35H45N7O6. The van der Waals surface area contributed by atoms with Gasteiger partial charge in [-0.2, -0.15) is 0 Å². The van der Waals surface area contributed by atoms with Gasteiger partial charge in [-0.3, -0.25) is 29.3 Å². The minimum absolute atomic E-state index is 0.0595. The smallest absolute Gasteiger partial charge is 0.325 e. The van der Waals surface area contributed by atoms with Crippen LogP contribution in [0.15, 0.2) is 54.6 Å². The van der Waals surface area contributed by atoms with Gasteiger partial charge in [0, 0.05) is 36.1 Å². The molecule has 1 aromatic heterocycles. The highest BCUT2D eigenvalue weighted by molar-refractivity contribution is 5.93. The number of H-pyrrole nitrogens is 1. The molecule has 0 bridgehead atoms. The summed E-state index contributed by atoms with van der Waals surface area (Å²) in [6.07, 6.45) is 1.72. The highest BCUT2D eigenvalue weighted by atomic mass is 16.4. The normalized spacial score (nSPS) is 20.9. The summed E-state index contributed by atoms with van der Waals surface area (Å²) in [6.45, 7) is 5.72. The van der Waals surface area contributed by atoms with E-state index in [4.69, 9.17) is 5.73 Å². The van der Waals surface area contributed by atoms with Crippen LogP contribution in [0.5, 0.6) is 0 Å². The van der Waals surface area contributed by atoms with Gasteiger partial charge in [-0.15, -0.1) is 0 Å². The predicted molar refractivity (Wildman–Crippen MR) is 180 cm³/mol. The molecule has 6 atom stereocenters. The summed E-state index contributed by atoms with van der Waals surface area (Å²) in [5.41, 5.74) is 9.59. The molecule has 3 aromatic rings. The monoisotopic (exact) mass is 659 g/mol. The van der Waals surface area contributed by atoms with Gasteiger partial charge in [0.05, 0.1) is 18.1 Å². The van der Waals surface area contributed by atoms with Gasteiger partial charge >= 0.3 is 5.97 Å². The number of fused-ring (bicyclic) bond motifs is 3. The average molecular weight is 660 g/mol. The molecule has 0 aliphatic carbocycles. The zero-order valence-corrected chi connectivity index (χ0v) is 27.5. The van der Waals surface area contributed by atoms with Gasteiger partial charge in [-0.25, -0.2) is 0 Å². The maximum Gasteiger partial charge on any atom is 0.325 e.